The number of hydrogen-bond donors (Lipinski definition) is 2. The van der Waals surface area contributed by atoms with Crippen LogP contribution in [0.25, 0.3) is 22.2 Å². The first-order chi connectivity index (χ1) is 12.7. The minimum atomic E-state index is -0.257. The van der Waals surface area contributed by atoms with Crippen LogP contribution in [0.1, 0.15) is 21.5 Å². The fourth-order valence-electron chi connectivity index (χ4n) is 2.85. The number of nitrogens with zero attached hydrogens (tertiary/aromatic N) is 2. The summed E-state index contributed by atoms with van der Waals surface area (Å²) in [4.78, 5) is 12.6. The highest BCUT2D eigenvalue weighted by molar-refractivity contribution is 6.07. The van der Waals surface area contributed by atoms with Crippen molar-refractivity contribution in [3.63, 3.8) is 0 Å². The Bertz CT molecular complexity index is 1150. The quantitative estimate of drug-likeness (QED) is 0.582. The highest BCUT2D eigenvalue weighted by Crippen LogP contribution is 2.29. The monoisotopic (exact) mass is 342 g/mol. The molecule has 0 spiro atoms. The van der Waals surface area contributed by atoms with Gasteiger partial charge in [0.25, 0.3) is 5.91 Å². The van der Waals surface area contributed by atoms with Gasteiger partial charge in [0.05, 0.1) is 29.7 Å². The van der Waals surface area contributed by atoms with E-state index in [0.717, 1.165) is 27.7 Å². The Hall–Kier alpha value is -3.85. The summed E-state index contributed by atoms with van der Waals surface area (Å²) in [6.45, 7) is 1.84. The smallest absolute Gasteiger partial charge is 0.255 e. The fourth-order valence-corrected chi connectivity index (χ4v) is 2.85. The van der Waals surface area contributed by atoms with Crippen molar-refractivity contribution in [1.82, 2.24) is 10.2 Å². The molecule has 0 aliphatic heterocycles. The molecule has 0 atom stereocenters. The first-order valence-electron chi connectivity index (χ1n) is 7.98. The van der Waals surface area contributed by atoms with Crippen LogP contribution in [0.4, 0.5) is 5.69 Å². The zero-order chi connectivity index (χ0) is 18.1. The third-order valence-corrected chi connectivity index (χ3v) is 4.23. The van der Waals surface area contributed by atoms with Crippen molar-refractivity contribution >= 4 is 22.5 Å². The van der Waals surface area contributed by atoms with Gasteiger partial charge in [-0.2, -0.15) is 10.4 Å². The van der Waals surface area contributed by atoms with Crippen molar-refractivity contribution in [1.29, 1.82) is 5.26 Å². The Morgan fingerprint density at radius 1 is 1.23 bits per heavy atom. The maximum Gasteiger partial charge on any atom is 0.255 e. The largest absolute Gasteiger partial charge is 0.472 e. The van der Waals surface area contributed by atoms with Gasteiger partial charge in [-0.05, 0) is 48.9 Å². The van der Waals surface area contributed by atoms with Crippen LogP contribution in [-0.4, -0.2) is 16.1 Å². The van der Waals surface area contributed by atoms with Gasteiger partial charge in [-0.3, -0.25) is 9.89 Å². The van der Waals surface area contributed by atoms with Crippen molar-refractivity contribution in [2.45, 2.75) is 6.92 Å². The SMILES string of the molecule is Cc1ccc(C#N)cc1C(=O)Nc1ccc2[nH]nc(-c3ccoc3)c2c1. The molecule has 0 saturated heterocycles. The standard InChI is InChI=1S/C20H14N4O2/c1-12-2-3-13(10-21)8-16(12)20(25)22-15-4-5-18-17(9-15)19(24-23-18)14-6-7-26-11-14/h2-9,11H,1H3,(H,22,25)(H,23,24). The van der Waals surface area contributed by atoms with Gasteiger partial charge in [-0.25, -0.2) is 0 Å². The van der Waals surface area contributed by atoms with Gasteiger partial charge in [0, 0.05) is 22.2 Å². The van der Waals surface area contributed by atoms with Crippen molar-refractivity contribution in [2.24, 2.45) is 0 Å². The molecule has 1 amide bonds. The lowest BCUT2D eigenvalue weighted by Gasteiger charge is -2.08. The Morgan fingerprint density at radius 3 is 2.88 bits per heavy atom. The zero-order valence-electron chi connectivity index (χ0n) is 13.9. The van der Waals surface area contributed by atoms with Gasteiger partial charge in [0.15, 0.2) is 0 Å². The van der Waals surface area contributed by atoms with E-state index in [1.807, 2.05) is 25.1 Å². The predicted octanol–water partition coefficient (Wildman–Crippen LogP) is 4.26. The third kappa shape index (κ3) is 2.72. The molecule has 0 unspecified atom stereocenters. The normalized spacial score (nSPS) is 10.6. The molecule has 2 N–H and O–H groups in total. The molecule has 0 saturated carbocycles. The number of anilines is 1. The van der Waals surface area contributed by atoms with Gasteiger partial charge >= 0.3 is 0 Å². The minimum Gasteiger partial charge on any atom is -0.472 e. The van der Waals surface area contributed by atoms with E-state index in [4.69, 9.17) is 9.68 Å². The number of carbonyl (C=O) groups is 1. The maximum absolute atomic E-state index is 12.6. The number of rotatable bonds is 3. The van der Waals surface area contributed by atoms with Crippen molar-refractivity contribution in [2.75, 3.05) is 5.32 Å². The van der Waals surface area contributed by atoms with E-state index >= 15 is 0 Å². The van der Waals surface area contributed by atoms with Crippen LogP contribution in [0, 0.1) is 18.3 Å². The van der Waals surface area contributed by atoms with Crippen LogP contribution in [0.3, 0.4) is 0 Å². The molecular formula is C20H14N4O2. The fraction of sp³-hybridized carbons (Fsp3) is 0.0500. The summed E-state index contributed by atoms with van der Waals surface area (Å²) in [5.74, 6) is -0.257. The zero-order valence-corrected chi connectivity index (χ0v) is 13.9. The first kappa shape index (κ1) is 15.7. The first-order valence-corrected chi connectivity index (χ1v) is 7.98. The summed E-state index contributed by atoms with van der Waals surface area (Å²) in [6, 6.07) is 14.5. The Labute approximate surface area is 149 Å². The maximum atomic E-state index is 12.6. The third-order valence-electron chi connectivity index (χ3n) is 4.23. The number of carbonyl (C=O) groups excluding carboxylic acids is 1. The Kier molecular flexibility index (Phi) is 3.75. The number of benzene rings is 2. The molecule has 0 aliphatic carbocycles. The lowest BCUT2D eigenvalue weighted by molar-refractivity contribution is 0.102. The molecule has 0 bridgehead atoms. The molecule has 6 nitrogen and oxygen atoms in total. The number of aryl methyl sites for hydroxylation is 1. The van der Waals surface area contributed by atoms with E-state index in [-0.39, 0.29) is 5.91 Å². The molecule has 0 fully saturated rings. The van der Waals surface area contributed by atoms with Crippen LogP contribution in [-0.2, 0) is 0 Å². The second-order valence-electron chi connectivity index (χ2n) is 5.94. The van der Waals surface area contributed by atoms with Crippen LogP contribution < -0.4 is 5.32 Å². The topological polar surface area (TPSA) is 94.7 Å². The second kappa shape index (κ2) is 6.22. The summed E-state index contributed by atoms with van der Waals surface area (Å²) in [5, 5.41) is 20.1. The Morgan fingerprint density at radius 2 is 2.12 bits per heavy atom. The number of H-pyrrole nitrogens is 1. The van der Waals surface area contributed by atoms with E-state index in [0.29, 0.717) is 16.8 Å². The molecule has 0 aliphatic rings. The molecule has 2 aromatic carbocycles. The number of fused-ring (bicyclic) bond motifs is 1. The summed E-state index contributed by atoms with van der Waals surface area (Å²) in [6.07, 6.45) is 3.21. The predicted molar refractivity (Wildman–Crippen MR) is 97.6 cm³/mol. The van der Waals surface area contributed by atoms with Crippen molar-refractivity contribution < 1.29 is 9.21 Å². The highest BCUT2D eigenvalue weighted by Gasteiger charge is 2.13. The lowest BCUT2D eigenvalue weighted by atomic mass is 10.0. The van der Waals surface area contributed by atoms with E-state index < -0.39 is 0 Å². The molecule has 0 radical (unpaired) electrons. The molecule has 2 aromatic heterocycles. The Balaban J connectivity index is 1.69. The number of hydrogen-bond acceptors (Lipinski definition) is 4. The van der Waals surface area contributed by atoms with Gasteiger partial charge in [0.1, 0.15) is 5.69 Å². The van der Waals surface area contributed by atoms with E-state index in [2.05, 4.69) is 21.6 Å². The number of nitrogens with one attached hydrogen (secondary N) is 2. The van der Waals surface area contributed by atoms with Gasteiger partial charge in [0.2, 0.25) is 0 Å². The summed E-state index contributed by atoms with van der Waals surface area (Å²) >= 11 is 0. The molecule has 6 heteroatoms. The van der Waals surface area contributed by atoms with Gasteiger partial charge in [-0.15, -0.1) is 0 Å². The highest BCUT2D eigenvalue weighted by atomic mass is 16.3. The molecular weight excluding hydrogens is 328 g/mol. The molecule has 126 valence electrons. The molecule has 26 heavy (non-hydrogen) atoms. The van der Waals surface area contributed by atoms with E-state index in [1.54, 1.807) is 36.8 Å². The van der Waals surface area contributed by atoms with Gasteiger partial charge < -0.3 is 9.73 Å². The average molecular weight is 342 g/mol. The average Bonchev–Trinajstić information content (AvgIpc) is 3.31. The van der Waals surface area contributed by atoms with Crippen molar-refractivity contribution in [3.05, 3.63) is 71.7 Å². The molecule has 4 rings (SSSR count). The lowest BCUT2D eigenvalue weighted by Crippen LogP contribution is -2.13. The molecule has 4 aromatic rings. The number of aromatic nitrogens is 2. The van der Waals surface area contributed by atoms with Crippen molar-refractivity contribution in [3.8, 4) is 17.3 Å². The minimum absolute atomic E-state index is 0.257. The van der Waals surface area contributed by atoms with Crippen LogP contribution in [0.15, 0.2) is 59.4 Å². The van der Waals surface area contributed by atoms with Crippen LogP contribution in [0.2, 0.25) is 0 Å². The van der Waals surface area contributed by atoms with Crippen LogP contribution >= 0.6 is 0 Å². The summed E-state index contributed by atoms with van der Waals surface area (Å²) in [7, 11) is 0. The molecule has 2 heterocycles. The second-order valence-corrected chi connectivity index (χ2v) is 5.94. The van der Waals surface area contributed by atoms with E-state index in [9.17, 15) is 4.79 Å². The number of amides is 1. The van der Waals surface area contributed by atoms with Crippen LogP contribution in [0.5, 0.6) is 0 Å². The summed E-state index contributed by atoms with van der Waals surface area (Å²) < 4.78 is 5.12. The number of furan rings is 1. The van der Waals surface area contributed by atoms with E-state index in [1.165, 1.54) is 0 Å². The van der Waals surface area contributed by atoms with Gasteiger partial charge in [-0.1, -0.05) is 6.07 Å². The summed E-state index contributed by atoms with van der Waals surface area (Å²) in [5.41, 5.74) is 4.87. The number of aromatic amines is 1. The number of nitriles is 1.